The predicted octanol–water partition coefficient (Wildman–Crippen LogP) is 2.03. The van der Waals surface area contributed by atoms with Crippen molar-refractivity contribution in [1.82, 2.24) is 20.2 Å². The standard InChI is InChI=1S/C15H18N4OS/c1-10-8-19(9-11(2)18-10)15(20)13-7-17-14(21-13)12-5-3-4-6-16-12/h3-7,10-11,18H,8-9H2,1-2H3/t10-,11+. The van der Waals surface area contributed by atoms with Crippen molar-refractivity contribution in [1.29, 1.82) is 0 Å². The first-order chi connectivity index (χ1) is 10.1. The normalized spacial score (nSPS) is 22.3. The summed E-state index contributed by atoms with van der Waals surface area (Å²) < 4.78 is 0. The van der Waals surface area contributed by atoms with Gasteiger partial charge in [-0.2, -0.15) is 0 Å². The maximum Gasteiger partial charge on any atom is 0.265 e. The molecule has 0 saturated carbocycles. The first kappa shape index (κ1) is 14.2. The molecule has 0 aliphatic carbocycles. The summed E-state index contributed by atoms with van der Waals surface area (Å²) in [5.41, 5.74) is 0.809. The van der Waals surface area contributed by atoms with E-state index < -0.39 is 0 Å². The molecule has 0 radical (unpaired) electrons. The molecule has 2 atom stereocenters. The van der Waals surface area contributed by atoms with E-state index in [1.165, 1.54) is 11.3 Å². The molecule has 1 saturated heterocycles. The zero-order chi connectivity index (χ0) is 14.8. The van der Waals surface area contributed by atoms with Crippen molar-refractivity contribution in [3.05, 3.63) is 35.5 Å². The number of piperazine rings is 1. The van der Waals surface area contributed by atoms with Gasteiger partial charge in [0.15, 0.2) is 0 Å². The van der Waals surface area contributed by atoms with Crippen LogP contribution in [-0.4, -0.2) is 45.9 Å². The van der Waals surface area contributed by atoms with Crippen LogP contribution in [0.1, 0.15) is 23.5 Å². The Labute approximate surface area is 128 Å². The number of hydrogen-bond acceptors (Lipinski definition) is 5. The Morgan fingerprint density at radius 1 is 1.29 bits per heavy atom. The van der Waals surface area contributed by atoms with Crippen LogP contribution in [0.15, 0.2) is 30.6 Å². The number of rotatable bonds is 2. The summed E-state index contributed by atoms with van der Waals surface area (Å²) in [6.45, 7) is 5.67. The van der Waals surface area contributed by atoms with E-state index in [9.17, 15) is 4.79 Å². The molecular weight excluding hydrogens is 284 g/mol. The van der Waals surface area contributed by atoms with Crippen molar-refractivity contribution >= 4 is 17.2 Å². The smallest absolute Gasteiger partial charge is 0.265 e. The lowest BCUT2D eigenvalue weighted by Crippen LogP contribution is -2.55. The number of nitrogens with one attached hydrogen (secondary N) is 1. The largest absolute Gasteiger partial charge is 0.335 e. The molecule has 1 aliphatic rings. The Bertz CT molecular complexity index is 618. The van der Waals surface area contributed by atoms with E-state index in [-0.39, 0.29) is 5.91 Å². The van der Waals surface area contributed by atoms with Crippen LogP contribution in [0.3, 0.4) is 0 Å². The van der Waals surface area contributed by atoms with Gasteiger partial charge in [-0.1, -0.05) is 6.07 Å². The molecule has 21 heavy (non-hydrogen) atoms. The topological polar surface area (TPSA) is 58.1 Å². The Balaban J connectivity index is 1.78. The lowest BCUT2D eigenvalue weighted by Gasteiger charge is -2.35. The van der Waals surface area contributed by atoms with Crippen molar-refractivity contribution < 1.29 is 4.79 Å². The number of carbonyl (C=O) groups excluding carboxylic acids is 1. The van der Waals surface area contributed by atoms with Gasteiger partial charge in [-0.05, 0) is 26.0 Å². The van der Waals surface area contributed by atoms with Crippen LogP contribution >= 0.6 is 11.3 Å². The van der Waals surface area contributed by atoms with E-state index >= 15 is 0 Å². The molecule has 110 valence electrons. The van der Waals surface area contributed by atoms with Gasteiger partial charge in [-0.15, -0.1) is 11.3 Å². The molecule has 0 unspecified atom stereocenters. The quantitative estimate of drug-likeness (QED) is 0.922. The molecular formula is C15H18N4OS. The molecule has 1 aliphatic heterocycles. The van der Waals surface area contributed by atoms with Gasteiger partial charge in [0, 0.05) is 31.4 Å². The number of nitrogens with zero attached hydrogens (tertiary/aromatic N) is 3. The van der Waals surface area contributed by atoms with Gasteiger partial charge in [-0.25, -0.2) is 4.98 Å². The van der Waals surface area contributed by atoms with Crippen LogP contribution in [0.25, 0.3) is 10.7 Å². The van der Waals surface area contributed by atoms with Crippen LogP contribution in [-0.2, 0) is 0 Å². The molecule has 2 aromatic rings. The minimum Gasteiger partial charge on any atom is -0.335 e. The van der Waals surface area contributed by atoms with E-state index in [4.69, 9.17) is 0 Å². The molecule has 2 aromatic heterocycles. The molecule has 1 amide bonds. The monoisotopic (exact) mass is 302 g/mol. The number of pyridine rings is 1. The fraction of sp³-hybridized carbons (Fsp3) is 0.400. The summed E-state index contributed by atoms with van der Waals surface area (Å²) >= 11 is 1.40. The van der Waals surface area contributed by atoms with Crippen molar-refractivity contribution in [2.75, 3.05) is 13.1 Å². The molecule has 1 fully saturated rings. The van der Waals surface area contributed by atoms with Crippen molar-refractivity contribution in [2.24, 2.45) is 0 Å². The highest BCUT2D eigenvalue weighted by Gasteiger charge is 2.26. The number of carbonyl (C=O) groups is 1. The van der Waals surface area contributed by atoms with E-state index in [0.717, 1.165) is 23.8 Å². The minimum atomic E-state index is 0.0647. The van der Waals surface area contributed by atoms with Gasteiger partial charge in [0.05, 0.1) is 11.9 Å². The van der Waals surface area contributed by atoms with E-state index in [1.807, 2.05) is 23.1 Å². The summed E-state index contributed by atoms with van der Waals surface area (Å²) in [6, 6.07) is 6.33. The molecule has 1 N–H and O–H groups in total. The summed E-state index contributed by atoms with van der Waals surface area (Å²) in [5, 5.41) is 4.22. The Morgan fingerprint density at radius 3 is 2.71 bits per heavy atom. The van der Waals surface area contributed by atoms with Crippen LogP contribution in [0.5, 0.6) is 0 Å². The Kier molecular flexibility index (Phi) is 3.98. The minimum absolute atomic E-state index is 0.0647. The highest BCUT2D eigenvalue weighted by atomic mass is 32.1. The maximum atomic E-state index is 12.6. The SMILES string of the molecule is C[C@@H]1CN(C(=O)c2cnc(-c3ccccn3)s2)C[C@H](C)N1. The van der Waals surface area contributed by atoms with E-state index in [0.29, 0.717) is 17.0 Å². The maximum absolute atomic E-state index is 12.6. The van der Waals surface area contributed by atoms with Crippen LogP contribution in [0, 0.1) is 0 Å². The average Bonchev–Trinajstić information content (AvgIpc) is 2.96. The fourth-order valence-corrected chi connectivity index (χ4v) is 3.49. The third-order valence-corrected chi connectivity index (χ3v) is 4.45. The third kappa shape index (κ3) is 3.11. The number of thiazole rings is 1. The summed E-state index contributed by atoms with van der Waals surface area (Å²) in [6.07, 6.45) is 3.40. The second kappa shape index (κ2) is 5.91. The summed E-state index contributed by atoms with van der Waals surface area (Å²) in [4.78, 5) is 23.8. The summed E-state index contributed by atoms with van der Waals surface area (Å²) in [5.74, 6) is 0.0647. The van der Waals surface area contributed by atoms with Gasteiger partial charge >= 0.3 is 0 Å². The van der Waals surface area contributed by atoms with Gasteiger partial charge in [0.2, 0.25) is 0 Å². The number of aromatic nitrogens is 2. The zero-order valence-corrected chi connectivity index (χ0v) is 12.9. The van der Waals surface area contributed by atoms with Gasteiger partial charge in [-0.3, -0.25) is 9.78 Å². The second-order valence-electron chi connectivity index (χ2n) is 5.42. The average molecular weight is 302 g/mol. The second-order valence-corrected chi connectivity index (χ2v) is 6.45. The molecule has 0 aromatic carbocycles. The molecule has 0 bridgehead atoms. The van der Waals surface area contributed by atoms with Crippen molar-refractivity contribution in [2.45, 2.75) is 25.9 Å². The molecule has 6 heteroatoms. The Hall–Kier alpha value is -1.79. The molecule has 0 spiro atoms. The van der Waals surface area contributed by atoms with Gasteiger partial charge in [0.1, 0.15) is 9.88 Å². The highest BCUT2D eigenvalue weighted by molar-refractivity contribution is 7.16. The Morgan fingerprint density at radius 2 is 2.05 bits per heavy atom. The zero-order valence-electron chi connectivity index (χ0n) is 12.1. The third-order valence-electron chi connectivity index (χ3n) is 3.45. The van der Waals surface area contributed by atoms with E-state index in [2.05, 4.69) is 29.1 Å². The number of amides is 1. The lowest BCUT2D eigenvalue weighted by atomic mass is 10.1. The lowest BCUT2D eigenvalue weighted by molar-refractivity contribution is 0.0678. The molecule has 3 rings (SSSR count). The number of hydrogen-bond donors (Lipinski definition) is 1. The van der Waals surface area contributed by atoms with E-state index in [1.54, 1.807) is 12.4 Å². The predicted molar refractivity (Wildman–Crippen MR) is 83.3 cm³/mol. The molecule has 5 nitrogen and oxygen atoms in total. The first-order valence-electron chi connectivity index (χ1n) is 7.06. The van der Waals surface area contributed by atoms with Crippen LogP contribution in [0.2, 0.25) is 0 Å². The van der Waals surface area contributed by atoms with Crippen LogP contribution in [0.4, 0.5) is 0 Å². The van der Waals surface area contributed by atoms with Crippen molar-refractivity contribution in [3.8, 4) is 10.7 Å². The summed E-state index contributed by atoms with van der Waals surface area (Å²) in [7, 11) is 0. The fourth-order valence-electron chi connectivity index (χ4n) is 2.63. The highest BCUT2D eigenvalue weighted by Crippen LogP contribution is 2.24. The molecule has 3 heterocycles. The van der Waals surface area contributed by atoms with Gasteiger partial charge in [0.25, 0.3) is 5.91 Å². The first-order valence-corrected chi connectivity index (χ1v) is 7.87. The van der Waals surface area contributed by atoms with Crippen LogP contribution < -0.4 is 5.32 Å². The van der Waals surface area contributed by atoms with Gasteiger partial charge < -0.3 is 10.2 Å². The van der Waals surface area contributed by atoms with Crippen molar-refractivity contribution in [3.63, 3.8) is 0 Å².